The summed E-state index contributed by atoms with van der Waals surface area (Å²) in [5.74, 6) is -2.43. The Labute approximate surface area is 143 Å². The molecule has 0 spiro atoms. The average Bonchev–Trinajstić information content (AvgIpc) is 3.27. The van der Waals surface area contributed by atoms with E-state index < -0.39 is 30.0 Å². The Morgan fingerprint density at radius 1 is 0.720 bits per heavy atom. The minimum absolute atomic E-state index is 0.281. The van der Waals surface area contributed by atoms with Gasteiger partial charge in [0.2, 0.25) is 23.6 Å². The molecule has 2 unspecified atom stereocenters. The molecule has 8 nitrogen and oxygen atoms in total. The number of para-hydroxylation sites is 1. The van der Waals surface area contributed by atoms with Crippen molar-refractivity contribution < 1.29 is 19.2 Å². The largest absolute Gasteiger partial charge is 0.299 e. The number of piperidine rings is 1. The number of hydrazine groups is 1. The molecule has 4 aliphatic rings. The first-order chi connectivity index (χ1) is 11.9. The lowest BCUT2D eigenvalue weighted by molar-refractivity contribution is -0.139. The van der Waals surface area contributed by atoms with Crippen LogP contribution in [0.5, 0.6) is 0 Å². The topological polar surface area (TPSA) is 81.2 Å². The fourth-order valence-electron chi connectivity index (χ4n) is 4.87. The molecule has 2 bridgehead atoms. The van der Waals surface area contributed by atoms with E-state index in [9.17, 15) is 19.2 Å². The van der Waals surface area contributed by atoms with Crippen molar-refractivity contribution in [3.63, 3.8) is 0 Å². The summed E-state index contributed by atoms with van der Waals surface area (Å²) in [4.78, 5) is 52.9. The van der Waals surface area contributed by atoms with E-state index in [1.165, 1.54) is 14.1 Å². The predicted molar refractivity (Wildman–Crippen MR) is 84.7 cm³/mol. The van der Waals surface area contributed by atoms with E-state index in [1.807, 2.05) is 35.3 Å². The number of anilines is 1. The van der Waals surface area contributed by atoms with Crippen molar-refractivity contribution in [1.82, 2.24) is 14.8 Å². The average molecular weight is 340 g/mol. The Bertz CT molecular complexity index is 746. The van der Waals surface area contributed by atoms with Crippen LogP contribution in [0.4, 0.5) is 5.69 Å². The lowest BCUT2D eigenvalue weighted by atomic mass is 9.80. The van der Waals surface area contributed by atoms with Crippen LogP contribution >= 0.6 is 0 Å². The summed E-state index contributed by atoms with van der Waals surface area (Å²) in [6, 6.07) is 7.35. The number of benzene rings is 1. The van der Waals surface area contributed by atoms with E-state index in [0.29, 0.717) is 0 Å². The fourth-order valence-corrected chi connectivity index (χ4v) is 4.87. The van der Waals surface area contributed by atoms with E-state index in [-0.39, 0.29) is 23.6 Å². The maximum atomic E-state index is 12.7. The molecule has 0 saturated carbocycles. The molecule has 1 aromatic rings. The van der Waals surface area contributed by atoms with Crippen LogP contribution in [0, 0.1) is 11.8 Å². The number of likely N-dealkylation sites (tertiary alicyclic amines) is 2. The van der Waals surface area contributed by atoms with Gasteiger partial charge in [0.1, 0.15) is 12.1 Å². The summed E-state index contributed by atoms with van der Waals surface area (Å²) in [5, 5.41) is 3.51. The maximum Gasteiger partial charge on any atom is 0.249 e. The summed E-state index contributed by atoms with van der Waals surface area (Å²) < 4.78 is 0. The van der Waals surface area contributed by atoms with Gasteiger partial charge in [-0.15, -0.1) is 0 Å². The Hall–Kier alpha value is -2.74. The number of carbonyl (C=O) groups is 4. The molecular formula is C17H16N4O4. The minimum Gasteiger partial charge on any atom is -0.299 e. The lowest BCUT2D eigenvalue weighted by Crippen LogP contribution is -2.53. The predicted octanol–water partition coefficient (Wildman–Crippen LogP) is -0.927. The number of fused-ring (bicyclic) bond motifs is 8. The van der Waals surface area contributed by atoms with Gasteiger partial charge >= 0.3 is 0 Å². The monoisotopic (exact) mass is 340 g/mol. The second-order valence-electron chi connectivity index (χ2n) is 6.96. The third kappa shape index (κ3) is 1.47. The Morgan fingerprint density at radius 2 is 1.20 bits per heavy atom. The molecule has 25 heavy (non-hydrogen) atoms. The van der Waals surface area contributed by atoms with E-state index in [2.05, 4.69) is 0 Å². The molecule has 128 valence electrons. The number of likely N-dealkylation sites (N-methyl/N-ethyl adjacent to an activating group) is 2. The molecule has 5 rings (SSSR count). The third-order valence-corrected chi connectivity index (χ3v) is 5.94. The van der Waals surface area contributed by atoms with Crippen LogP contribution in [0.1, 0.15) is 0 Å². The van der Waals surface area contributed by atoms with Crippen LogP contribution in [-0.4, -0.2) is 70.7 Å². The van der Waals surface area contributed by atoms with Gasteiger partial charge in [0.05, 0.1) is 23.6 Å². The SMILES string of the molecule is CN1C(=O)[C@@H]2C3[C@@H]4C(=O)N(C)C(=O)[C@@H]4N([C@@H]2C1=O)N3c1ccccc1. The van der Waals surface area contributed by atoms with Crippen LogP contribution in [0.15, 0.2) is 30.3 Å². The first-order valence-electron chi connectivity index (χ1n) is 8.20. The number of hydrogen-bond acceptors (Lipinski definition) is 6. The van der Waals surface area contributed by atoms with Crippen molar-refractivity contribution in [3.05, 3.63) is 30.3 Å². The lowest BCUT2D eigenvalue weighted by Gasteiger charge is -2.32. The molecule has 4 fully saturated rings. The number of hydrogen-bond donors (Lipinski definition) is 0. The highest BCUT2D eigenvalue weighted by Gasteiger charge is 2.75. The molecular weight excluding hydrogens is 324 g/mol. The van der Waals surface area contributed by atoms with E-state index in [1.54, 1.807) is 5.01 Å². The van der Waals surface area contributed by atoms with Gasteiger partial charge in [-0.05, 0) is 12.1 Å². The summed E-state index contributed by atoms with van der Waals surface area (Å²) in [7, 11) is 2.92. The molecule has 0 N–H and O–H groups in total. The third-order valence-electron chi connectivity index (χ3n) is 5.94. The molecule has 6 atom stereocenters. The molecule has 4 aliphatic heterocycles. The van der Waals surface area contributed by atoms with Gasteiger partial charge in [0, 0.05) is 14.1 Å². The van der Waals surface area contributed by atoms with Gasteiger partial charge in [-0.2, -0.15) is 5.01 Å². The van der Waals surface area contributed by atoms with Gasteiger partial charge in [0.15, 0.2) is 0 Å². The second-order valence-corrected chi connectivity index (χ2v) is 6.96. The van der Waals surface area contributed by atoms with Crippen LogP contribution in [0.2, 0.25) is 0 Å². The zero-order valence-electron chi connectivity index (χ0n) is 13.7. The van der Waals surface area contributed by atoms with E-state index in [4.69, 9.17) is 0 Å². The van der Waals surface area contributed by atoms with E-state index >= 15 is 0 Å². The molecule has 4 heterocycles. The smallest absolute Gasteiger partial charge is 0.249 e. The van der Waals surface area contributed by atoms with Crippen molar-refractivity contribution in [2.24, 2.45) is 11.8 Å². The molecule has 4 amide bonds. The van der Waals surface area contributed by atoms with Gasteiger partial charge in [0.25, 0.3) is 0 Å². The quantitative estimate of drug-likeness (QED) is 0.615. The Balaban J connectivity index is 1.70. The zero-order valence-corrected chi connectivity index (χ0v) is 13.7. The van der Waals surface area contributed by atoms with Crippen LogP contribution in [0.3, 0.4) is 0 Å². The van der Waals surface area contributed by atoms with Crippen LogP contribution < -0.4 is 5.01 Å². The molecule has 0 aromatic heterocycles. The fraction of sp³-hybridized carbons (Fsp3) is 0.412. The van der Waals surface area contributed by atoms with Gasteiger partial charge in [-0.25, -0.2) is 0 Å². The van der Waals surface area contributed by atoms with Gasteiger partial charge < -0.3 is 0 Å². The highest BCUT2D eigenvalue weighted by Crippen LogP contribution is 2.53. The summed E-state index contributed by atoms with van der Waals surface area (Å²) in [6.45, 7) is 0. The van der Waals surface area contributed by atoms with Crippen LogP contribution in [-0.2, 0) is 19.2 Å². The molecule has 8 heteroatoms. The highest BCUT2D eigenvalue weighted by atomic mass is 16.2. The van der Waals surface area contributed by atoms with Gasteiger partial charge in [-0.3, -0.25) is 34.0 Å². The maximum absolute atomic E-state index is 12.7. The van der Waals surface area contributed by atoms with Crippen molar-refractivity contribution in [3.8, 4) is 0 Å². The number of rotatable bonds is 1. The number of amides is 4. The minimum atomic E-state index is -0.716. The summed E-state index contributed by atoms with van der Waals surface area (Å²) in [6.07, 6.45) is 0. The summed E-state index contributed by atoms with van der Waals surface area (Å²) in [5.41, 5.74) is 0.780. The van der Waals surface area contributed by atoms with Gasteiger partial charge in [-0.1, -0.05) is 18.2 Å². The first-order valence-corrected chi connectivity index (χ1v) is 8.20. The van der Waals surface area contributed by atoms with Crippen molar-refractivity contribution in [1.29, 1.82) is 0 Å². The molecule has 0 aliphatic carbocycles. The van der Waals surface area contributed by atoms with Crippen molar-refractivity contribution >= 4 is 29.3 Å². The van der Waals surface area contributed by atoms with Crippen molar-refractivity contribution in [2.75, 3.05) is 19.1 Å². The summed E-state index contributed by atoms with van der Waals surface area (Å²) >= 11 is 0. The van der Waals surface area contributed by atoms with E-state index in [0.717, 1.165) is 15.5 Å². The zero-order chi connectivity index (χ0) is 17.6. The number of imide groups is 2. The molecule has 1 aromatic carbocycles. The second kappa shape index (κ2) is 4.45. The molecule has 4 saturated heterocycles. The Morgan fingerprint density at radius 3 is 1.68 bits per heavy atom. The normalized spacial score (nSPS) is 38.9. The van der Waals surface area contributed by atoms with Crippen LogP contribution in [0.25, 0.3) is 0 Å². The van der Waals surface area contributed by atoms with Crippen molar-refractivity contribution in [2.45, 2.75) is 18.1 Å². The molecule has 0 radical (unpaired) electrons. The highest BCUT2D eigenvalue weighted by molar-refractivity contribution is 6.13. The standard InChI is InChI=1S/C17H16N4O4/c1-18-14(22)9-11-10-13(17(25)19(2)15(10)23)21(12(9)16(18)24)20(11)8-6-4-3-5-7-8/h3-7,9-13H,1-2H3/t9-,10+,11?,12+,13-. The number of nitrogens with zero attached hydrogens (tertiary/aromatic N) is 4. The number of carbonyl (C=O) groups excluding carboxylic acids is 4. The Kier molecular flexibility index (Phi) is 2.60. The first kappa shape index (κ1) is 14.6.